The minimum Gasteiger partial charge on any atom is -0.410 e. The quantitative estimate of drug-likeness (QED) is 0.701. The van der Waals surface area contributed by atoms with Crippen LogP contribution in [0.1, 0.15) is 19.4 Å². The van der Waals surface area contributed by atoms with E-state index < -0.39 is 8.32 Å². The van der Waals surface area contributed by atoms with Crippen LogP contribution in [0.2, 0.25) is 19.6 Å². The number of hydrogen-bond acceptors (Lipinski definition) is 1. The summed E-state index contributed by atoms with van der Waals surface area (Å²) in [4.78, 5) is 0. The van der Waals surface area contributed by atoms with E-state index in [0.717, 1.165) is 5.57 Å². The largest absolute Gasteiger partial charge is 0.410 e. The van der Waals surface area contributed by atoms with Crippen molar-refractivity contribution in [2.45, 2.75) is 39.6 Å². The van der Waals surface area contributed by atoms with Gasteiger partial charge in [0.25, 0.3) is 0 Å². The predicted molar refractivity (Wildman–Crippen MR) is 78.5 cm³/mol. The Kier molecular flexibility index (Phi) is 4.88. The van der Waals surface area contributed by atoms with Gasteiger partial charge in [-0.3, -0.25) is 0 Å². The fourth-order valence-corrected chi connectivity index (χ4v) is 3.04. The Hall–Kier alpha value is -0.933. The van der Waals surface area contributed by atoms with Gasteiger partial charge in [0.2, 0.25) is 0 Å². The van der Waals surface area contributed by atoms with Crippen LogP contribution in [-0.4, -0.2) is 14.4 Å². The smallest absolute Gasteiger partial charge is 0.184 e. The van der Waals surface area contributed by atoms with E-state index in [2.05, 4.69) is 40.1 Å². The van der Waals surface area contributed by atoms with E-state index in [1.807, 2.05) is 6.07 Å². The molecule has 0 N–H and O–H groups in total. The molecule has 0 amide bonds. The van der Waals surface area contributed by atoms with Crippen LogP contribution in [-0.2, 0) is 4.43 Å². The number of halogens is 1. The lowest BCUT2D eigenvalue weighted by molar-refractivity contribution is 0.199. The van der Waals surface area contributed by atoms with Crippen molar-refractivity contribution < 1.29 is 8.82 Å². The Morgan fingerprint density at radius 3 is 2.22 bits per heavy atom. The van der Waals surface area contributed by atoms with Crippen LogP contribution in [0.15, 0.2) is 30.8 Å². The van der Waals surface area contributed by atoms with Crippen LogP contribution in [0, 0.1) is 11.7 Å². The number of rotatable bonds is 5. The fraction of sp³-hybridized carbons (Fsp3) is 0.467. The Balaban J connectivity index is 3.01. The van der Waals surface area contributed by atoms with Gasteiger partial charge in [0, 0.05) is 5.56 Å². The molecule has 1 unspecified atom stereocenters. The van der Waals surface area contributed by atoms with Gasteiger partial charge in [0.05, 0.1) is 6.10 Å². The second kappa shape index (κ2) is 5.80. The van der Waals surface area contributed by atoms with Gasteiger partial charge in [-0.15, -0.1) is 0 Å². The second-order valence-corrected chi connectivity index (χ2v) is 10.4. The van der Waals surface area contributed by atoms with Crippen molar-refractivity contribution in [3.8, 4) is 0 Å². The normalized spacial score (nSPS) is 13.7. The summed E-state index contributed by atoms with van der Waals surface area (Å²) in [5, 5.41) is 0. The molecule has 0 fully saturated rings. The van der Waals surface area contributed by atoms with Gasteiger partial charge in [0.1, 0.15) is 5.82 Å². The summed E-state index contributed by atoms with van der Waals surface area (Å²) >= 11 is 0. The zero-order valence-electron chi connectivity index (χ0n) is 12.0. The molecule has 18 heavy (non-hydrogen) atoms. The summed E-state index contributed by atoms with van der Waals surface area (Å²) in [7, 11) is -1.68. The molecule has 1 atom stereocenters. The first-order valence-electron chi connectivity index (χ1n) is 6.34. The average molecular weight is 266 g/mol. The Morgan fingerprint density at radius 2 is 1.78 bits per heavy atom. The van der Waals surface area contributed by atoms with Crippen molar-refractivity contribution in [3.05, 3.63) is 42.2 Å². The molecule has 0 aromatic heterocycles. The first-order chi connectivity index (χ1) is 8.22. The molecule has 0 saturated carbocycles. The molecule has 0 radical (unpaired) electrons. The molecule has 1 aromatic carbocycles. The van der Waals surface area contributed by atoms with Crippen molar-refractivity contribution >= 4 is 13.9 Å². The SMILES string of the molecule is C=C(c1ccccc1F)C(O[Si](C)(C)C)C(C)C. The first-order valence-corrected chi connectivity index (χ1v) is 9.74. The molecule has 0 bridgehead atoms. The minimum atomic E-state index is -1.68. The van der Waals surface area contributed by atoms with E-state index in [0.29, 0.717) is 5.56 Å². The molecule has 100 valence electrons. The van der Waals surface area contributed by atoms with Crippen molar-refractivity contribution in [1.82, 2.24) is 0 Å². The summed E-state index contributed by atoms with van der Waals surface area (Å²) in [6, 6.07) is 6.75. The zero-order chi connectivity index (χ0) is 13.9. The summed E-state index contributed by atoms with van der Waals surface area (Å²) in [5.41, 5.74) is 1.31. The lowest BCUT2D eigenvalue weighted by atomic mass is 9.94. The summed E-state index contributed by atoms with van der Waals surface area (Å²) in [6.07, 6.45) is -0.117. The van der Waals surface area contributed by atoms with E-state index in [1.165, 1.54) is 6.07 Å². The predicted octanol–water partition coefficient (Wildman–Crippen LogP) is 4.72. The maximum atomic E-state index is 13.8. The molecule has 0 heterocycles. The maximum Gasteiger partial charge on any atom is 0.184 e. The van der Waals surface area contributed by atoms with Crippen LogP contribution in [0.5, 0.6) is 0 Å². The molecular weight excluding hydrogens is 243 g/mol. The van der Waals surface area contributed by atoms with E-state index in [1.54, 1.807) is 12.1 Å². The topological polar surface area (TPSA) is 9.23 Å². The van der Waals surface area contributed by atoms with Crippen LogP contribution >= 0.6 is 0 Å². The second-order valence-electron chi connectivity index (χ2n) is 5.90. The van der Waals surface area contributed by atoms with Gasteiger partial charge in [-0.05, 0) is 37.2 Å². The standard InChI is InChI=1S/C15H23FOSi/c1-11(2)15(17-18(4,5)6)12(3)13-9-7-8-10-14(13)16/h7-11,15H,3H2,1-2,4-6H3. The van der Waals surface area contributed by atoms with Gasteiger partial charge < -0.3 is 4.43 Å². The lowest BCUT2D eigenvalue weighted by Gasteiger charge is -2.31. The third kappa shape index (κ3) is 4.07. The van der Waals surface area contributed by atoms with Gasteiger partial charge in [-0.2, -0.15) is 0 Å². The third-order valence-corrected chi connectivity index (χ3v) is 3.61. The van der Waals surface area contributed by atoms with E-state index in [9.17, 15) is 4.39 Å². The highest BCUT2D eigenvalue weighted by atomic mass is 28.4. The lowest BCUT2D eigenvalue weighted by Crippen LogP contribution is -2.35. The summed E-state index contributed by atoms with van der Waals surface area (Å²) in [6.45, 7) is 14.6. The van der Waals surface area contributed by atoms with Gasteiger partial charge >= 0.3 is 0 Å². The monoisotopic (exact) mass is 266 g/mol. The third-order valence-electron chi connectivity index (χ3n) is 2.65. The van der Waals surface area contributed by atoms with E-state index in [4.69, 9.17) is 4.43 Å². The first kappa shape index (κ1) is 15.1. The van der Waals surface area contributed by atoms with Crippen molar-refractivity contribution in [2.24, 2.45) is 5.92 Å². The van der Waals surface area contributed by atoms with Crippen molar-refractivity contribution in [3.63, 3.8) is 0 Å². The Morgan fingerprint density at radius 1 is 1.22 bits per heavy atom. The molecule has 0 aliphatic heterocycles. The molecule has 1 nitrogen and oxygen atoms in total. The number of benzene rings is 1. The van der Waals surface area contributed by atoms with E-state index >= 15 is 0 Å². The molecule has 0 saturated heterocycles. The van der Waals surface area contributed by atoms with Crippen molar-refractivity contribution in [1.29, 1.82) is 0 Å². The molecule has 0 aliphatic rings. The Bertz CT molecular complexity index is 421. The van der Waals surface area contributed by atoms with Gasteiger partial charge in [0.15, 0.2) is 8.32 Å². The highest BCUT2D eigenvalue weighted by Gasteiger charge is 2.27. The van der Waals surface area contributed by atoms with Gasteiger partial charge in [-0.25, -0.2) is 4.39 Å². The van der Waals surface area contributed by atoms with E-state index in [-0.39, 0.29) is 17.8 Å². The molecular formula is C15H23FOSi. The number of hydrogen-bond donors (Lipinski definition) is 0. The fourth-order valence-electron chi connectivity index (χ4n) is 1.87. The average Bonchev–Trinajstić information content (AvgIpc) is 2.24. The van der Waals surface area contributed by atoms with Crippen LogP contribution in [0.4, 0.5) is 4.39 Å². The van der Waals surface area contributed by atoms with Gasteiger partial charge in [-0.1, -0.05) is 38.6 Å². The minimum absolute atomic E-state index is 0.117. The maximum absolute atomic E-state index is 13.8. The molecule has 1 rings (SSSR count). The highest BCUT2D eigenvalue weighted by Crippen LogP contribution is 2.28. The van der Waals surface area contributed by atoms with Crippen LogP contribution < -0.4 is 0 Å². The van der Waals surface area contributed by atoms with Crippen LogP contribution in [0.25, 0.3) is 5.57 Å². The van der Waals surface area contributed by atoms with Crippen LogP contribution in [0.3, 0.4) is 0 Å². The Labute approximate surface area is 111 Å². The zero-order valence-corrected chi connectivity index (χ0v) is 13.0. The molecule has 0 aliphatic carbocycles. The van der Waals surface area contributed by atoms with Crippen molar-refractivity contribution in [2.75, 3.05) is 0 Å². The highest BCUT2D eigenvalue weighted by molar-refractivity contribution is 6.69. The summed E-state index contributed by atoms with van der Waals surface area (Å²) in [5.74, 6) is 0.0520. The molecule has 0 spiro atoms. The summed E-state index contributed by atoms with van der Waals surface area (Å²) < 4.78 is 19.9. The molecule has 3 heteroatoms. The molecule has 1 aromatic rings.